The van der Waals surface area contributed by atoms with Crippen LogP contribution < -0.4 is 0 Å². The highest BCUT2D eigenvalue weighted by atomic mass is 16.1. The molecular weight excluding hydrogens is 184 g/mol. The maximum atomic E-state index is 12.3. The van der Waals surface area contributed by atoms with Gasteiger partial charge in [0.2, 0.25) is 0 Å². The third-order valence-electron chi connectivity index (χ3n) is 3.79. The first kappa shape index (κ1) is 12.5. The van der Waals surface area contributed by atoms with Gasteiger partial charge in [0.1, 0.15) is 5.78 Å². The minimum atomic E-state index is 0.0205. The summed E-state index contributed by atoms with van der Waals surface area (Å²) < 4.78 is 0. The Balaban J connectivity index is 2.68. The molecule has 0 N–H and O–H groups in total. The number of Topliss-reactive ketones (excluding diaryl/α,β-unsaturated/α-hetero) is 1. The Bertz CT molecular complexity index is 255. The summed E-state index contributed by atoms with van der Waals surface area (Å²) in [6.45, 7) is 8.40. The molecule has 0 aromatic heterocycles. The SMILES string of the molecule is CCC(C)C(=O)C1(CC=C(C)C)CCC1. The molecule has 1 aliphatic carbocycles. The normalized spacial score (nSPS) is 20.3. The van der Waals surface area contributed by atoms with Gasteiger partial charge < -0.3 is 0 Å². The van der Waals surface area contributed by atoms with Crippen molar-refractivity contribution in [3.63, 3.8) is 0 Å². The predicted molar refractivity (Wildman–Crippen MR) is 64.8 cm³/mol. The van der Waals surface area contributed by atoms with E-state index < -0.39 is 0 Å². The minimum absolute atomic E-state index is 0.0205. The second-order valence-electron chi connectivity index (χ2n) is 5.29. The molecule has 1 heteroatoms. The molecule has 1 fully saturated rings. The molecule has 1 rings (SSSR count). The largest absolute Gasteiger partial charge is 0.299 e. The second kappa shape index (κ2) is 4.96. The monoisotopic (exact) mass is 208 g/mol. The van der Waals surface area contributed by atoms with Gasteiger partial charge in [0, 0.05) is 11.3 Å². The molecule has 0 heterocycles. The van der Waals surface area contributed by atoms with Crippen molar-refractivity contribution in [2.75, 3.05) is 0 Å². The fourth-order valence-electron chi connectivity index (χ4n) is 2.26. The fourth-order valence-corrected chi connectivity index (χ4v) is 2.26. The fraction of sp³-hybridized carbons (Fsp3) is 0.786. The molecule has 0 aliphatic heterocycles. The molecule has 0 aromatic rings. The van der Waals surface area contributed by atoms with Crippen LogP contribution >= 0.6 is 0 Å². The van der Waals surface area contributed by atoms with Gasteiger partial charge in [0.05, 0.1) is 0 Å². The van der Waals surface area contributed by atoms with E-state index in [-0.39, 0.29) is 11.3 Å². The topological polar surface area (TPSA) is 17.1 Å². The van der Waals surface area contributed by atoms with Crippen LogP contribution in [-0.4, -0.2) is 5.78 Å². The van der Waals surface area contributed by atoms with Crippen molar-refractivity contribution in [2.45, 2.75) is 59.8 Å². The molecule has 0 saturated heterocycles. The van der Waals surface area contributed by atoms with E-state index in [1.807, 2.05) is 0 Å². The van der Waals surface area contributed by atoms with Crippen molar-refractivity contribution in [2.24, 2.45) is 11.3 Å². The van der Waals surface area contributed by atoms with Crippen LogP contribution in [-0.2, 0) is 4.79 Å². The van der Waals surface area contributed by atoms with Crippen molar-refractivity contribution in [3.8, 4) is 0 Å². The Morgan fingerprint density at radius 1 is 1.40 bits per heavy atom. The number of carbonyl (C=O) groups is 1. The lowest BCUT2D eigenvalue weighted by Gasteiger charge is -2.41. The Labute approximate surface area is 93.9 Å². The van der Waals surface area contributed by atoms with Gasteiger partial charge in [-0.15, -0.1) is 0 Å². The highest BCUT2D eigenvalue weighted by Crippen LogP contribution is 2.47. The first-order valence-electron chi connectivity index (χ1n) is 6.19. The van der Waals surface area contributed by atoms with Gasteiger partial charge in [-0.05, 0) is 39.5 Å². The van der Waals surface area contributed by atoms with E-state index in [0.29, 0.717) is 5.78 Å². The molecule has 1 nitrogen and oxygen atoms in total. The average Bonchev–Trinajstić information content (AvgIpc) is 2.14. The van der Waals surface area contributed by atoms with Crippen LogP contribution in [0.4, 0.5) is 0 Å². The summed E-state index contributed by atoms with van der Waals surface area (Å²) in [5, 5.41) is 0. The summed E-state index contributed by atoms with van der Waals surface area (Å²) in [6, 6.07) is 0. The lowest BCUT2D eigenvalue weighted by molar-refractivity contribution is -0.137. The molecule has 1 aliphatic rings. The van der Waals surface area contributed by atoms with Gasteiger partial charge in [-0.3, -0.25) is 4.79 Å². The molecule has 0 radical (unpaired) electrons. The van der Waals surface area contributed by atoms with E-state index in [1.165, 1.54) is 12.0 Å². The lowest BCUT2D eigenvalue weighted by Crippen LogP contribution is -2.40. The molecule has 0 amide bonds. The Morgan fingerprint density at radius 3 is 2.33 bits per heavy atom. The molecule has 0 spiro atoms. The van der Waals surface area contributed by atoms with Gasteiger partial charge >= 0.3 is 0 Å². The molecule has 15 heavy (non-hydrogen) atoms. The first-order valence-corrected chi connectivity index (χ1v) is 6.19. The summed E-state index contributed by atoms with van der Waals surface area (Å²) in [5.74, 6) is 0.754. The Kier molecular flexibility index (Phi) is 4.12. The highest BCUT2D eigenvalue weighted by molar-refractivity contribution is 5.87. The predicted octanol–water partition coefficient (Wildman–Crippen LogP) is 4.13. The Hall–Kier alpha value is -0.590. The zero-order valence-corrected chi connectivity index (χ0v) is 10.6. The lowest BCUT2D eigenvalue weighted by atomic mass is 9.61. The van der Waals surface area contributed by atoms with Crippen LogP contribution in [0.2, 0.25) is 0 Å². The molecule has 86 valence electrons. The highest BCUT2D eigenvalue weighted by Gasteiger charge is 2.43. The van der Waals surface area contributed by atoms with Crippen molar-refractivity contribution >= 4 is 5.78 Å². The number of allylic oxidation sites excluding steroid dienone is 2. The van der Waals surface area contributed by atoms with Crippen LogP contribution in [0.15, 0.2) is 11.6 Å². The smallest absolute Gasteiger partial charge is 0.142 e. The second-order valence-corrected chi connectivity index (χ2v) is 5.29. The minimum Gasteiger partial charge on any atom is -0.299 e. The standard InChI is InChI=1S/C14H24O/c1-5-12(4)13(15)14(8-6-9-14)10-7-11(2)3/h7,12H,5-6,8-10H2,1-4H3. The van der Waals surface area contributed by atoms with Crippen LogP contribution in [0.5, 0.6) is 0 Å². The molecule has 1 unspecified atom stereocenters. The summed E-state index contributed by atoms with van der Waals surface area (Å²) in [5.41, 5.74) is 1.35. The van der Waals surface area contributed by atoms with Gasteiger partial charge in [-0.25, -0.2) is 0 Å². The summed E-state index contributed by atoms with van der Waals surface area (Å²) >= 11 is 0. The third kappa shape index (κ3) is 2.70. The third-order valence-corrected chi connectivity index (χ3v) is 3.79. The van der Waals surface area contributed by atoms with Crippen LogP contribution in [0.25, 0.3) is 0 Å². The quantitative estimate of drug-likeness (QED) is 0.621. The number of carbonyl (C=O) groups excluding carboxylic acids is 1. The molecule has 1 saturated carbocycles. The number of rotatable bonds is 5. The number of ketones is 1. The summed E-state index contributed by atoms with van der Waals surface area (Å²) in [6.07, 6.45) is 7.64. The van der Waals surface area contributed by atoms with Crippen molar-refractivity contribution in [1.82, 2.24) is 0 Å². The van der Waals surface area contributed by atoms with Crippen molar-refractivity contribution in [1.29, 1.82) is 0 Å². The molecule has 0 aromatic carbocycles. The maximum Gasteiger partial charge on any atom is 0.142 e. The van der Waals surface area contributed by atoms with Crippen LogP contribution in [0.3, 0.4) is 0 Å². The van der Waals surface area contributed by atoms with E-state index >= 15 is 0 Å². The Morgan fingerprint density at radius 2 is 2.00 bits per heavy atom. The van der Waals surface area contributed by atoms with Gasteiger partial charge in [0.25, 0.3) is 0 Å². The van der Waals surface area contributed by atoms with Crippen molar-refractivity contribution < 1.29 is 4.79 Å². The first-order chi connectivity index (χ1) is 7.02. The summed E-state index contributed by atoms with van der Waals surface area (Å²) in [4.78, 5) is 12.3. The average molecular weight is 208 g/mol. The van der Waals surface area contributed by atoms with Crippen LogP contribution in [0.1, 0.15) is 59.8 Å². The van der Waals surface area contributed by atoms with E-state index in [2.05, 4.69) is 33.8 Å². The zero-order chi connectivity index (χ0) is 11.5. The zero-order valence-electron chi connectivity index (χ0n) is 10.6. The van der Waals surface area contributed by atoms with E-state index in [1.54, 1.807) is 0 Å². The van der Waals surface area contributed by atoms with Gasteiger partial charge in [0.15, 0.2) is 0 Å². The number of hydrogen-bond acceptors (Lipinski definition) is 1. The molecular formula is C14H24O. The van der Waals surface area contributed by atoms with E-state index in [0.717, 1.165) is 25.7 Å². The van der Waals surface area contributed by atoms with Crippen molar-refractivity contribution in [3.05, 3.63) is 11.6 Å². The molecule has 1 atom stereocenters. The van der Waals surface area contributed by atoms with E-state index in [9.17, 15) is 4.79 Å². The maximum absolute atomic E-state index is 12.3. The van der Waals surface area contributed by atoms with Gasteiger partial charge in [-0.1, -0.05) is 31.9 Å². The van der Waals surface area contributed by atoms with Gasteiger partial charge in [-0.2, -0.15) is 0 Å². The summed E-state index contributed by atoms with van der Waals surface area (Å²) in [7, 11) is 0. The van der Waals surface area contributed by atoms with E-state index in [4.69, 9.17) is 0 Å². The number of hydrogen-bond donors (Lipinski definition) is 0. The molecule has 0 bridgehead atoms. The van der Waals surface area contributed by atoms with Crippen LogP contribution in [0, 0.1) is 11.3 Å².